The number of pyridine rings is 1. The summed E-state index contributed by atoms with van der Waals surface area (Å²) in [6.07, 6.45) is 4.00. The average Bonchev–Trinajstić information content (AvgIpc) is 3.15. The molecule has 1 aliphatic rings. The van der Waals surface area contributed by atoms with E-state index in [0.29, 0.717) is 30.1 Å². The molecule has 0 spiro atoms. The third-order valence-corrected chi connectivity index (χ3v) is 5.02. The normalized spacial score (nSPS) is 13.6. The molecular formula is C18H14FN3O2S. The van der Waals surface area contributed by atoms with E-state index in [4.69, 9.17) is 0 Å². The van der Waals surface area contributed by atoms with Crippen molar-refractivity contribution in [2.75, 3.05) is 6.54 Å². The molecule has 0 unspecified atom stereocenters. The predicted molar refractivity (Wildman–Crippen MR) is 92.6 cm³/mol. The maximum Gasteiger partial charge on any atom is 0.265 e. The summed E-state index contributed by atoms with van der Waals surface area (Å²) < 4.78 is 18.6. The molecule has 126 valence electrons. The first-order valence-corrected chi connectivity index (χ1v) is 8.59. The largest absolute Gasteiger partial charge is 0.333 e. The van der Waals surface area contributed by atoms with Crippen molar-refractivity contribution in [3.63, 3.8) is 0 Å². The van der Waals surface area contributed by atoms with Gasteiger partial charge in [-0.3, -0.25) is 14.2 Å². The highest BCUT2D eigenvalue weighted by Crippen LogP contribution is 2.21. The second kappa shape index (κ2) is 6.25. The van der Waals surface area contributed by atoms with Crippen molar-refractivity contribution in [2.45, 2.75) is 13.0 Å². The number of amides is 1. The summed E-state index contributed by atoms with van der Waals surface area (Å²) in [6, 6.07) is 9.08. The van der Waals surface area contributed by atoms with Crippen LogP contribution >= 0.6 is 11.5 Å². The quantitative estimate of drug-likeness (QED) is 0.710. The number of halogens is 1. The zero-order valence-corrected chi connectivity index (χ0v) is 14.0. The van der Waals surface area contributed by atoms with Crippen molar-refractivity contribution in [3.8, 4) is 5.69 Å². The molecule has 0 radical (unpaired) electrons. The lowest BCUT2D eigenvalue weighted by Gasteiger charge is -2.28. The van der Waals surface area contributed by atoms with Gasteiger partial charge in [0.05, 0.1) is 0 Å². The van der Waals surface area contributed by atoms with Gasteiger partial charge in [-0.1, -0.05) is 0 Å². The van der Waals surface area contributed by atoms with Crippen LogP contribution in [0.25, 0.3) is 5.69 Å². The molecule has 0 aliphatic carbocycles. The minimum Gasteiger partial charge on any atom is -0.333 e. The summed E-state index contributed by atoms with van der Waals surface area (Å²) in [5, 5.41) is 0. The summed E-state index contributed by atoms with van der Waals surface area (Å²) in [5.41, 5.74) is 2.32. The van der Waals surface area contributed by atoms with Gasteiger partial charge >= 0.3 is 0 Å². The topological polar surface area (TPSA) is 55.2 Å². The summed E-state index contributed by atoms with van der Waals surface area (Å²) >= 11 is 1.18. The maximum atomic E-state index is 13.1. The fourth-order valence-corrected chi connectivity index (χ4v) is 3.55. The Morgan fingerprint density at radius 3 is 2.68 bits per heavy atom. The number of hydrogen-bond donors (Lipinski definition) is 0. The Morgan fingerprint density at radius 1 is 1.16 bits per heavy atom. The molecule has 3 aromatic rings. The van der Waals surface area contributed by atoms with Crippen molar-refractivity contribution in [1.82, 2.24) is 13.8 Å². The van der Waals surface area contributed by atoms with Crippen LogP contribution in [0.5, 0.6) is 0 Å². The standard InChI is InChI=1S/C18H14FN3O2S/c19-14-1-3-15(4-2-14)22-11-13-10-21(8-6-12(13)9-17(22)23)18(24)16-5-7-20-25-16/h1-5,7,9,11H,6,8,10H2. The van der Waals surface area contributed by atoms with E-state index in [0.717, 1.165) is 11.1 Å². The molecule has 0 fully saturated rings. The van der Waals surface area contributed by atoms with E-state index in [2.05, 4.69) is 4.37 Å². The van der Waals surface area contributed by atoms with E-state index in [1.165, 1.54) is 28.2 Å². The number of carbonyl (C=O) groups is 1. The molecule has 1 aliphatic heterocycles. The van der Waals surface area contributed by atoms with Crippen molar-refractivity contribution < 1.29 is 9.18 Å². The van der Waals surface area contributed by atoms with Gasteiger partial charge < -0.3 is 4.90 Å². The number of nitrogens with zero attached hydrogens (tertiary/aromatic N) is 3. The number of benzene rings is 1. The Kier molecular flexibility index (Phi) is 3.93. The lowest BCUT2D eigenvalue weighted by molar-refractivity contribution is 0.0739. The number of carbonyl (C=O) groups excluding carboxylic acids is 1. The van der Waals surface area contributed by atoms with Gasteiger partial charge in [-0.15, -0.1) is 0 Å². The van der Waals surface area contributed by atoms with Crippen LogP contribution in [0.4, 0.5) is 4.39 Å². The van der Waals surface area contributed by atoms with Gasteiger partial charge in [0, 0.05) is 37.2 Å². The van der Waals surface area contributed by atoms with E-state index >= 15 is 0 Å². The molecule has 4 rings (SSSR count). The molecule has 5 nitrogen and oxygen atoms in total. The van der Waals surface area contributed by atoms with Crippen LogP contribution in [-0.2, 0) is 13.0 Å². The van der Waals surface area contributed by atoms with Gasteiger partial charge in [0.25, 0.3) is 11.5 Å². The molecule has 2 aromatic heterocycles. The van der Waals surface area contributed by atoms with Crippen molar-refractivity contribution in [2.24, 2.45) is 0 Å². The van der Waals surface area contributed by atoms with Crippen LogP contribution in [0.1, 0.15) is 20.8 Å². The first kappa shape index (κ1) is 15.7. The zero-order chi connectivity index (χ0) is 17.4. The van der Waals surface area contributed by atoms with Crippen LogP contribution in [0.15, 0.2) is 53.6 Å². The van der Waals surface area contributed by atoms with E-state index in [1.807, 2.05) is 0 Å². The van der Waals surface area contributed by atoms with E-state index < -0.39 is 0 Å². The average molecular weight is 355 g/mol. The van der Waals surface area contributed by atoms with Crippen LogP contribution in [0.3, 0.4) is 0 Å². The summed E-state index contributed by atoms with van der Waals surface area (Å²) in [5.74, 6) is -0.399. The van der Waals surface area contributed by atoms with Crippen LogP contribution in [0.2, 0.25) is 0 Å². The van der Waals surface area contributed by atoms with Crippen LogP contribution in [-0.4, -0.2) is 26.3 Å². The van der Waals surface area contributed by atoms with Crippen molar-refractivity contribution in [1.29, 1.82) is 0 Å². The molecule has 0 atom stereocenters. The second-order valence-electron chi connectivity index (χ2n) is 5.86. The molecule has 1 amide bonds. The Bertz CT molecular complexity index is 981. The minimum atomic E-state index is -0.351. The third-order valence-electron chi connectivity index (χ3n) is 4.29. The highest BCUT2D eigenvalue weighted by atomic mass is 32.1. The third kappa shape index (κ3) is 2.98. The minimum absolute atomic E-state index is 0.0484. The Hall–Kier alpha value is -2.80. The molecular weight excluding hydrogens is 341 g/mol. The Labute approximate surface area is 147 Å². The van der Waals surface area contributed by atoms with Crippen LogP contribution in [0, 0.1) is 5.82 Å². The molecule has 0 N–H and O–H groups in total. The Morgan fingerprint density at radius 2 is 1.96 bits per heavy atom. The van der Waals surface area contributed by atoms with Gasteiger partial charge in [-0.25, -0.2) is 8.76 Å². The fourth-order valence-electron chi connectivity index (χ4n) is 2.99. The van der Waals surface area contributed by atoms with Gasteiger partial charge in [0.1, 0.15) is 10.7 Å². The molecule has 0 saturated heterocycles. The van der Waals surface area contributed by atoms with Gasteiger partial charge in [0.15, 0.2) is 0 Å². The highest BCUT2D eigenvalue weighted by molar-refractivity contribution is 7.08. The molecule has 1 aromatic carbocycles. The zero-order valence-electron chi connectivity index (χ0n) is 13.2. The highest BCUT2D eigenvalue weighted by Gasteiger charge is 2.23. The predicted octanol–water partition coefficient (Wildman–Crippen LogP) is 2.63. The molecule has 0 bridgehead atoms. The number of aromatic nitrogens is 2. The number of fused-ring (bicyclic) bond motifs is 1. The van der Waals surface area contributed by atoms with Crippen molar-refractivity contribution >= 4 is 17.4 Å². The van der Waals surface area contributed by atoms with E-state index in [1.54, 1.807) is 41.6 Å². The maximum absolute atomic E-state index is 13.1. The van der Waals surface area contributed by atoms with E-state index in [-0.39, 0.29) is 17.3 Å². The molecule has 25 heavy (non-hydrogen) atoms. The first-order valence-electron chi connectivity index (χ1n) is 7.82. The van der Waals surface area contributed by atoms with Crippen LogP contribution < -0.4 is 5.56 Å². The molecule has 0 saturated carbocycles. The molecule has 7 heteroatoms. The lowest BCUT2D eigenvalue weighted by atomic mass is 10.0. The number of hydrogen-bond acceptors (Lipinski definition) is 4. The first-order chi connectivity index (χ1) is 12.1. The SMILES string of the molecule is O=C(c1ccns1)N1CCc2cc(=O)n(-c3ccc(F)cc3)cc2C1. The second-order valence-corrected chi connectivity index (χ2v) is 6.70. The monoisotopic (exact) mass is 355 g/mol. The lowest BCUT2D eigenvalue weighted by Crippen LogP contribution is -2.37. The Balaban J connectivity index is 1.67. The smallest absolute Gasteiger partial charge is 0.265 e. The summed E-state index contributed by atoms with van der Waals surface area (Å²) in [7, 11) is 0. The van der Waals surface area contributed by atoms with E-state index in [9.17, 15) is 14.0 Å². The summed E-state index contributed by atoms with van der Waals surface area (Å²) in [4.78, 5) is 27.2. The number of rotatable bonds is 2. The van der Waals surface area contributed by atoms with Crippen molar-refractivity contribution in [3.05, 3.63) is 81.0 Å². The van der Waals surface area contributed by atoms with Gasteiger partial charge in [-0.05, 0) is 59.4 Å². The fraction of sp³-hybridized carbons (Fsp3) is 0.167. The molecule has 3 heterocycles. The summed E-state index contributed by atoms with van der Waals surface area (Å²) in [6.45, 7) is 1.01. The van der Waals surface area contributed by atoms with Gasteiger partial charge in [0.2, 0.25) is 0 Å². The van der Waals surface area contributed by atoms with Gasteiger partial charge in [-0.2, -0.15) is 0 Å².